The van der Waals surface area contributed by atoms with Gasteiger partial charge in [-0.2, -0.15) is 0 Å². The van der Waals surface area contributed by atoms with Crippen LogP contribution in [0.1, 0.15) is 32.8 Å². The Morgan fingerprint density at radius 3 is 2.71 bits per heavy atom. The molecule has 0 amide bonds. The Bertz CT molecular complexity index is 422. The zero-order valence-corrected chi connectivity index (χ0v) is 13.9. The lowest BCUT2D eigenvalue weighted by molar-refractivity contribution is -0.00129. The van der Waals surface area contributed by atoms with Crippen molar-refractivity contribution in [2.45, 2.75) is 51.3 Å². The van der Waals surface area contributed by atoms with Gasteiger partial charge < -0.3 is 10.1 Å². The van der Waals surface area contributed by atoms with Gasteiger partial charge in [0.25, 0.3) is 0 Å². The smallest absolute Gasteiger partial charge is 0.0670 e. The largest absolute Gasteiger partial charge is 0.380 e. The van der Waals surface area contributed by atoms with Crippen molar-refractivity contribution < 1.29 is 4.74 Å². The quantitative estimate of drug-likeness (QED) is 0.872. The Hall–Kier alpha value is -0.900. The number of ether oxygens (including phenoxy) is 1. The fourth-order valence-electron chi connectivity index (χ4n) is 3.09. The molecule has 118 valence electrons. The SMILES string of the molecule is CCC1(C)CNC(Cc2ccccc2)CN1CC(C)OC. The van der Waals surface area contributed by atoms with Gasteiger partial charge in [-0.1, -0.05) is 37.3 Å². The molecule has 1 saturated heterocycles. The molecule has 0 saturated carbocycles. The summed E-state index contributed by atoms with van der Waals surface area (Å²) in [6.07, 6.45) is 2.54. The molecule has 1 aliphatic rings. The molecule has 2 rings (SSSR count). The van der Waals surface area contributed by atoms with Crippen LogP contribution in [0.25, 0.3) is 0 Å². The molecule has 21 heavy (non-hydrogen) atoms. The molecule has 0 spiro atoms. The number of piperazine rings is 1. The number of rotatable bonds is 6. The average molecular weight is 290 g/mol. The molecule has 1 aromatic carbocycles. The normalized spacial score (nSPS) is 28.5. The van der Waals surface area contributed by atoms with E-state index in [4.69, 9.17) is 4.74 Å². The molecule has 0 radical (unpaired) electrons. The van der Waals surface area contributed by atoms with Gasteiger partial charge in [0.1, 0.15) is 0 Å². The van der Waals surface area contributed by atoms with Crippen molar-refractivity contribution in [3.63, 3.8) is 0 Å². The predicted molar refractivity (Wildman–Crippen MR) is 88.7 cm³/mol. The summed E-state index contributed by atoms with van der Waals surface area (Å²) >= 11 is 0. The van der Waals surface area contributed by atoms with Crippen LogP contribution in [0, 0.1) is 0 Å². The van der Waals surface area contributed by atoms with Gasteiger partial charge in [0, 0.05) is 38.3 Å². The zero-order valence-electron chi connectivity index (χ0n) is 13.9. The molecule has 1 N–H and O–H groups in total. The van der Waals surface area contributed by atoms with Crippen LogP contribution in [0.4, 0.5) is 0 Å². The third-order valence-electron chi connectivity index (χ3n) is 4.94. The first-order chi connectivity index (χ1) is 10.1. The van der Waals surface area contributed by atoms with Crippen LogP contribution in [0.15, 0.2) is 30.3 Å². The molecule has 0 aliphatic carbocycles. The van der Waals surface area contributed by atoms with Crippen LogP contribution in [-0.2, 0) is 11.2 Å². The predicted octanol–water partition coefficient (Wildman–Crippen LogP) is 2.71. The molecule has 3 unspecified atom stereocenters. The Labute approximate surface area is 129 Å². The van der Waals surface area contributed by atoms with Gasteiger partial charge in [-0.15, -0.1) is 0 Å². The van der Waals surface area contributed by atoms with Crippen molar-refractivity contribution in [1.82, 2.24) is 10.2 Å². The lowest BCUT2D eigenvalue weighted by Crippen LogP contribution is -2.64. The maximum atomic E-state index is 5.48. The Kier molecular flexibility index (Phi) is 5.80. The van der Waals surface area contributed by atoms with Gasteiger partial charge in [-0.05, 0) is 32.3 Å². The van der Waals surface area contributed by atoms with Crippen LogP contribution < -0.4 is 5.32 Å². The van der Waals surface area contributed by atoms with Crippen LogP contribution in [-0.4, -0.2) is 49.3 Å². The number of nitrogens with zero attached hydrogens (tertiary/aromatic N) is 1. The van der Waals surface area contributed by atoms with Gasteiger partial charge in [0.05, 0.1) is 6.10 Å². The van der Waals surface area contributed by atoms with E-state index in [-0.39, 0.29) is 11.6 Å². The van der Waals surface area contributed by atoms with E-state index >= 15 is 0 Å². The van der Waals surface area contributed by atoms with Crippen LogP contribution in [0.3, 0.4) is 0 Å². The lowest BCUT2D eigenvalue weighted by Gasteiger charge is -2.48. The van der Waals surface area contributed by atoms with Gasteiger partial charge in [0.15, 0.2) is 0 Å². The van der Waals surface area contributed by atoms with Crippen molar-refractivity contribution in [3.8, 4) is 0 Å². The number of benzene rings is 1. The zero-order chi connectivity index (χ0) is 15.3. The molecule has 1 fully saturated rings. The summed E-state index contributed by atoms with van der Waals surface area (Å²) < 4.78 is 5.48. The summed E-state index contributed by atoms with van der Waals surface area (Å²) in [5.74, 6) is 0. The van der Waals surface area contributed by atoms with E-state index in [1.54, 1.807) is 7.11 Å². The highest BCUT2D eigenvalue weighted by molar-refractivity contribution is 5.16. The van der Waals surface area contributed by atoms with E-state index in [9.17, 15) is 0 Å². The second-order valence-electron chi connectivity index (χ2n) is 6.57. The standard InChI is InChI=1S/C18H30N2O/c1-5-18(3)14-19-17(11-16-9-7-6-8-10-16)13-20(18)12-15(2)21-4/h6-10,15,17,19H,5,11-14H2,1-4H3. The summed E-state index contributed by atoms with van der Waals surface area (Å²) in [6, 6.07) is 11.3. The van der Waals surface area contributed by atoms with Gasteiger partial charge >= 0.3 is 0 Å². The number of hydrogen-bond donors (Lipinski definition) is 1. The first-order valence-electron chi connectivity index (χ1n) is 8.12. The average Bonchev–Trinajstić information content (AvgIpc) is 2.51. The minimum Gasteiger partial charge on any atom is -0.380 e. The molecule has 3 nitrogen and oxygen atoms in total. The van der Waals surface area contributed by atoms with Gasteiger partial charge in [0.2, 0.25) is 0 Å². The number of nitrogens with one attached hydrogen (secondary N) is 1. The fraction of sp³-hybridized carbons (Fsp3) is 0.667. The van der Waals surface area contributed by atoms with E-state index in [1.807, 2.05) is 0 Å². The third-order valence-corrected chi connectivity index (χ3v) is 4.94. The van der Waals surface area contributed by atoms with Crippen molar-refractivity contribution in [3.05, 3.63) is 35.9 Å². The molecule has 3 heteroatoms. The Balaban J connectivity index is 2.01. The molecular formula is C18H30N2O. The highest BCUT2D eigenvalue weighted by atomic mass is 16.5. The van der Waals surface area contributed by atoms with E-state index in [0.717, 1.165) is 32.5 Å². The molecule has 1 aliphatic heterocycles. The molecule has 3 atom stereocenters. The van der Waals surface area contributed by atoms with Crippen LogP contribution in [0.5, 0.6) is 0 Å². The number of methoxy groups -OCH3 is 1. The van der Waals surface area contributed by atoms with Crippen molar-refractivity contribution in [2.75, 3.05) is 26.7 Å². The number of hydrogen-bond acceptors (Lipinski definition) is 3. The second-order valence-corrected chi connectivity index (χ2v) is 6.57. The van der Waals surface area contributed by atoms with Crippen molar-refractivity contribution >= 4 is 0 Å². The molecular weight excluding hydrogens is 260 g/mol. The van der Waals surface area contributed by atoms with Crippen molar-refractivity contribution in [2.24, 2.45) is 0 Å². The first kappa shape index (κ1) is 16.5. The van der Waals surface area contributed by atoms with Crippen LogP contribution >= 0.6 is 0 Å². The lowest BCUT2D eigenvalue weighted by atomic mass is 9.90. The maximum absolute atomic E-state index is 5.48. The topological polar surface area (TPSA) is 24.5 Å². The first-order valence-corrected chi connectivity index (χ1v) is 8.12. The summed E-state index contributed by atoms with van der Waals surface area (Å²) in [6.45, 7) is 9.95. The summed E-state index contributed by atoms with van der Waals surface area (Å²) in [5, 5.41) is 3.75. The summed E-state index contributed by atoms with van der Waals surface area (Å²) in [7, 11) is 1.80. The molecule has 1 aromatic rings. The van der Waals surface area contributed by atoms with E-state index in [1.165, 1.54) is 5.56 Å². The minimum absolute atomic E-state index is 0.236. The van der Waals surface area contributed by atoms with Gasteiger partial charge in [-0.3, -0.25) is 4.90 Å². The van der Waals surface area contributed by atoms with E-state index < -0.39 is 0 Å². The second kappa shape index (κ2) is 7.39. The van der Waals surface area contributed by atoms with Gasteiger partial charge in [-0.25, -0.2) is 0 Å². The van der Waals surface area contributed by atoms with Crippen LogP contribution in [0.2, 0.25) is 0 Å². The molecule has 1 heterocycles. The molecule has 0 bridgehead atoms. The highest BCUT2D eigenvalue weighted by Gasteiger charge is 2.36. The third kappa shape index (κ3) is 4.29. The minimum atomic E-state index is 0.236. The summed E-state index contributed by atoms with van der Waals surface area (Å²) in [4.78, 5) is 2.62. The van der Waals surface area contributed by atoms with E-state index in [2.05, 4.69) is 61.3 Å². The summed E-state index contributed by atoms with van der Waals surface area (Å²) in [5.41, 5.74) is 1.65. The maximum Gasteiger partial charge on any atom is 0.0670 e. The van der Waals surface area contributed by atoms with E-state index in [0.29, 0.717) is 6.04 Å². The molecule has 0 aromatic heterocycles. The highest BCUT2D eigenvalue weighted by Crippen LogP contribution is 2.24. The Morgan fingerprint density at radius 1 is 1.38 bits per heavy atom. The Morgan fingerprint density at radius 2 is 2.10 bits per heavy atom. The monoisotopic (exact) mass is 290 g/mol. The fourth-order valence-corrected chi connectivity index (χ4v) is 3.09. The van der Waals surface area contributed by atoms with Crippen molar-refractivity contribution in [1.29, 1.82) is 0 Å².